The Hall–Kier alpha value is -2.42. The molecule has 0 bridgehead atoms. The molecule has 4 rings (SSSR count). The van der Waals surface area contributed by atoms with Crippen LogP contribution in [0.2, 0.25) is 5.02 Å². The van der Waals surface area contributed by atoms with Crippen molar-refractivity contribution in [3.63, 3.8) is 0 Å². The first-order valence-electron chi connectivity index (χ1n) is 11.6. The summed E-state index contributed by atoms with van der Waals surface area (Å²) < 4.78 is 39.2. The van der Waals surface area contributed by atoms with Crippen molar-refractivity contribution >= 4 is 21.6 Å². The number of ether oxygens (including phenoxy) is 2. The lowest BCUT2D eigenvalue weighted by atomic mass is 10.1. The molecular weight excluding hydrogens is 484 g/mol. The van der Waals surface area contributed by atoms with E-state index in [0.29, 0.717) is 50.1 Å². The Morgan fingerprint density at radius 2 is 1.63 bits per heavy atom. The molecule has 1 atom stereocenters. The fourth-order valence-electron chi connectivity index (χ4n) is 4.21. The Bertz CT molecular complexity index is 1210. The first-order chi connectivity index (χ1) is 16.8. The maximum absolute atomic E-state index is 13.1. The molecule has 0 aromatic heterocycles. The molecule has 35 heavy (non-hydrogen) atoms. The average Bonchev–Trinajstić information content (AvgIpc) is 2.87. The molecule has 1 unspecified atom stereocenters. The smallest absolute Gasteiger partial charge is 0.243 e. The van der Waals surface area contributed by atoms with E-state index in [4.69, 9.17) is 21.1 Å². The molecule has 1 fully saturated rings. The van der Waals surface area contributed by atoms with E-state index in [0.717, 1.165) is 11.1 Å². The highest BCUT2D eigenvalue weighted by Crippen LogP contribution is 2.25. The minimum Gasteiger partial charge on any atom is -0.497 e. The number of hydrogen-bond acceptors (Lipinski definition) is 5. The lowest BCUT2D eigenvalue weighted by Crippen LogP contribution is -2.49. The van der Waals surface area contributed by atoms with E-state index in [9.17, 15) is 8.42 Å². The summed E-state index contributed by atoms with van der Waals surface area (Å²) in [6.45, 7) is 5.37. The first kappa shape index (κ1) is 25.7. The minimum absolute atomic E-state index is 0.155. The summed E-state index contributed by atoms with van der Waals surface area (Å²) in [4.78, 5) is 2.54. The van der Waals surface area contributed by atoms with Crippen LogP contribution in [-0.2, 0) is 21.4 Å². The summed E-state index contributed by atoms with van der Waals surface area (Å²) in [7, 11) is -1.98. The number of hydrogen-bond donors (Lipinski definition) is 0. The maximum atomic E-state index is 13.1. The quantitative estimate of drug-likeness (QED) is 0.405. The summed E-state index contributed by atoms with van der Waals surface area (Å²) in [6, 6.07) is 22.6. The third-order valence-corrected chi connectivity index (χ3v) is 8.39. The third kappa shape index (κ3) is 6.63. The van der Waals surface area contributed by atoms with Gasteiger partial charge in [0, 0.05) is 37.7 Å². The molecule has 3 aromatic rings. The van der Waals surface area contributed by atoms with Crippen LogP contribution >= 0.6 is 11.6 Å². The first-order valence-corrected chi connectivity index (χ1v) is 13.5. The molecule has 0 amide bonds. The molecule has 3 aromatic carbocycles. The Labute approximate surface area is 213 Å². The number of nitrogens with zero attached hydrogens (tertiary/aromatic N) is 2. The molecule has 1 heterocycles. The SMILES string of the molecule is COc1ccc(S(=O)(=O)N2CCN(CC(OCc3cccc(C)c3)c3ccc(Cl)cc3)CC2)cc1. The largest absolute Gasteiger partial charge is 0.497 e. The molecular formula is C27H31ClN2O4S. The highest BCUT2D eigenvalue weighted by Gasteiger charge is 2.29. The van der Waals surface area contributed by atoms with Crippen molar-refractivity contribution in [3.8, 4) is 5.75 Å². The number of methoxy groups -OCH3 is 1. The van der Waals surface area contributed by atoms with Gasteiger partial charge in [-0.2, -0.15) is 4.31 Å². The van der Waals surface area contributed by atoms with E-state index in [1.165, 1.54) is 5.56 Å². The highest BCUT2D eigenvalue weighted by atomic mass is 35.5. The minimum atomic E-state index is -3.54. The van der Waals surface area contributed by atoms with Gasteiger partial charge in [0.2, 0.25) is 10.0 Å². The lowest BCUT2D eigenvalue weighted by Gasteiger charge is -2.36. The van der Waals surface area contributed by atoms with Crippen molar-refractivity contribution < 1.29 is 17.9 Å². The predicted molar refractivity (Wildman–Crippen MR) is 138 cm³/mol. The molecule has 186 valence electrons. The van der Waals surface area contributed by atoms with Crippen LogP contribution in [-0.4, -0.2) is 57.5 Å². The molecule has 0 spiro atoms. The molecule has 1 aliphatic heterocycles. The van der Waals surface area contributed by atoms with E-state index < -0.39 is 10.0 Å². The summed E-state index contributed by atoms with van der Waals surface area (Å²) in [6.07, 6.45) is -0.155. The Morgan fingerprint density at radius 3 is 2.26 bits per heavy atom. The normalized spacial score (nSPS) is 16.2. The Kier molecular flexibility index (Phi) is 8.46. The van der Waals surface area contributed by atoms with Gasteiger partial charge in [-0.15, -0.1) is 0 Å². The molecule has 1 aliphatic rings. The molecule has 1 saturated heterocycles. The second-order valence-corrected chi connectivity index (χ2v) is 11.1. The maximum Gasteiger partial charge on any atom is 0.243 e. The number of aryl methyl sites for hydroxylation is 1. The molecule has 0 saturated carbocycles. The van der Waals surface area contributed by atoms with Gasteiger partial charge in [0.1, 0.15) is 5.75 Å². The van der Waals surface area contributed by atoms with Crippen LogP contribution in [0.5, 0.6) is 5.75 Å². The van der Waals surface area contributed by atoms with Gasteiger partial charge in [0.25, 0.3) is 0 Å². The zero-order valence-electron chi connectivity index (χ0n) is 20.1. The van der Waals surface area contributed by atoms with Crippen LogP contribution in [0.1, 0.15) is 22.8 Å². The molecule has 0 radical (unpaired) electrons. The highest BCUT2D eigenvalue weighted by molar-refractivity contribution is 7.89. The van der Waals surface area contributed by atoms with Crippen molar-refractivity contribution in [2.24, 2.45) is 0 Å². The van der Waals surface area contributed by atoms with Crippen molar-refractivity contribution in [1.82, 2.24) is 9.21 Å². The monoisotopic (exact) mass is 514 g/mol. The van der Waals surface area contributed by atoms with Crippen molar-refractivity contribution in [2.45, 2.75) is 24.5 Å². The van der Waals surface area contributed by atoms with E-state index in [1.54, 1.807) is 35.7 Å². The zero-order valence-corrected chi connectivity index (χ0v) is 21.6. The van der Waals surface area contributed by atoms with Crippen molar-refractivity contribution in [2.75, 3.05) is 39.8 Å². The average molecular weight is 515 g/mol. The Balaban J connectivity index is 1.41. The van der Waals surface area contributed by atoms with Gasteiger partial charge in [0.05, 0.1) is 24.7 Å². The van der Waals surface area contributed by atoms with E-state index in [2.05, 4.69) is 30.0 Å². The van der Waals surface area contributed by atoms with Gasteiger partial charge in [-0.05, 0) is 54.4 Å². The van der Waals surface area contributed by atoms with Crippen LogP contribution < -0.4 is 4.74 Å². The Morgan fingerprint density at radius 1 is 0.943 bits per heavy atom. The van der Waals surface area contributed by atoms with E-state index in [1.807, 2.05) is 30.3 Å². The standard InChI is InChI=1S/C27H31ClN2O4S/c1-21-4-3-5-22(18-21)20-34-27(23-6-8-24(28)9-7-23)19-29-14-16-30(17-15-29)35(31,32)26-12-10-25(33-2)11-13-26/h3-13,18,27H,14-17,19-20H2,1-2H3. The van der Waals surface area contributed by atoms with Gasteiger partial charge in [0.15, 0.2) is 0 Å². The van der Waals surface area contributed by atoms with Crippen LogP contribution in [0.25, 0.3) is 0 Å². The van der Waals surface area contributed by atoms with Crippen LogP contribution in [0, 0.1) is 6.92 Å². The zero-order chi connectivity index (χ0) is 24.8. The van der Waals surface area contributed by atoms with E-state index in [-0.39, 0.29) is 11.0 Å². The summed E-state index contributed by atoms with van der Waals surface area (Å²) in [5, 5.41) is 0.684. The van der Waals surface area contributed by atoms with Gasteiger partial charge in [-0.3, -0.25) is 4.90 Å². The number of halogens is 1. The van der Waals surface area contributed by atoms with Crippen LogP contribution in [0.15, 0.2) is 77.7 Å². The topological polar surface area (TPSA) is 59.1 Å². The van der Waals surface area contributed by atoms with E-state index >= 15 is 0 Å². The fourth-order valence-corrected chi connectivity index (χ4v) is 5.76. The lowest BCUT2D eigenvalue weighted by molar-refractivity contribution is 0.00771. The molecule has 0 N–H and O–H groups in total. The number of benzene rings is 3. The molecule has 8 heteroatoms. The second kappa shape index (κ2) is 11.5. The van der Waals surface area contributed by atoms with Crippen molar-refractivity contribution in [1.29, 1.82) is 0 Å². The van der Waals surface area contributed by atoms with Crippen LogP contribution in [0.3, 0.4) is 0 Å². The number of piperazine rings is 1. The number of rotatable bonds is 9. The van der Waals surface area contributed by atoms with Crippen molar-refractivity contribution in [3.05, 3.63) is 94.5 Å². The summed E-state index contributed by atoms with van der Waals surface area (Å²) >= 11 is 6.10. The van der Waals surface area contributed by atoms with Crippen LogP contribution in [0.4, 0.5) is 0 Å². The summed E-state index contributed by atoms with van der Waals surface area (Å²) in [5.74, 6) is 0.632. The summed E-state index contributed by atoms with van der Waals surface area (Å²) in [5.41, 5.74) is 3.37. The number of sulfonamides is 1. The van der Waals surface area contributed by atoms with Gasteiger partial charge >= 0.3 is 0 Å². The molecule has 6 nitrogen and oxygen atoms in total. The molecule has 0 aliphatic carbocycles. The fraction of sp³-hybridized carbons (Fsp3) is 0.333. The van der Waals surface area contributed by atoms with Gasteiger partial charge in [-0.1, -0.05) is 53.6 Å². The van der Waals surface area contributed by atoms with Gasteiger partial charge < -0.3 is 9.47 Å². The third-order valence-electron chi connectivity index (χ3n) is 6.23. The van der Waals surface area contributed by atoms with Gasteiger partial charge in [-0.25, -0.2) is 8.42 Å². The second-order valence-electron chi connectivity index (χ2n) is 8.72. The predicted octanol–water partition coefficient (Wildman–Crippen LogP) is 4.92.